The van der Waals surface area contributed by atoms with Crippen molar-refractivity contribution in [2.45, 2.75) is 19.8 Å². The lowest BCUT2D eigenvalue weighted by Crippen LogP contribution is -2.05. The summed E-state index contributed by atoms with van der Waals surface area (Å²) in [5.41, 5.74) is 3.25. The molecule has 0 unspecified atom stereocenters. The Bertz CT molecular complexity index is 1090. The Kier molecular flexibility index (Phi) is 9.85. The molecule has 3 rings (SSSR count). The van der Waals surface area contributed by atoms with Gasteiger partial charge in [-0.3, -0.25) is 0 Å². The molecule has 7 nitrogen and oxygen atoms in total. The average Bonchev–Trinajstić information content (AvgIpc) is 2.92. The molecule has 0 amide bonds. The predicted octanol–water partition coefficient (Wildman–Crippen LogP) is 5.02. The van der Waals surface area contributed by atoms with Crippen LogP contribution in [0.25, 0.3) is 0 Å². The first-order valence-corrected chi connectivity index (χ1v) is 11.3. The molecule has 0 radical (unpaired) electrons. The molecule has 0 aromatic heterocycles. The lowest BCUT2D eigenvalue weighted by Gasteiger charge is -2.12. The lowest BCUT2D eigenvalue weighted by atomic mass is 10.1. The maximum Gasteiger partial charge on any atom is 0.338 e. The number of aliphatic hydroxyl groups excluding tert-OH is 1. The highest BCUT2D eigenvalue weighted by Gasteiger charge is 2.09. The first-order valence-electron chi connectivity index (χ1n) is 11.3. The van der Waals surface area contributed by atoms with Gasteiger partial charge >= 0.3 is 11.9 Å². The van der Waals surface area contributed by atoms with Crippen molar-refractivity contribution >= 4 is 11.9 Å². The summed E-state index contributed by atoms with van der Waals surface area (Å²) in [5, 5.41) is 9.63. The second-order valence-electron chi connectivity index (χ2n) is 7.72. The van der Waals surface area contributed by atoms with Crippen LogP contribution < -0.4 is 9.47 Å². The molecule has 0 aliphatic heterocycles. The van der Waals surface area contributed by atoms with Gasteiger partial charge in [-0.2, -0.15) is 0 Å². The molecule has 186 valence electrons. The van der Waals surface area contributed by atoms with Gasteiger partial charge in [0.1, 0.15) is 37.9 Å². The summed E-state index contributed by atoms with van der Waals surface area (Å²) in [7, 11) is 0. The Labute approximate surface area is 210 Å². The van der Waals surface area contributed by atoms with Crippen LogP contribution in [0.2, 0.25) is 0 Å². The highest BCUT2D eigenvalue weighted by molar-refractivity contribution is 5.89. The Morgan fingerprint density at radius 1 is 0.667 bits per heavy atom. The number of rotatable bonds is 13. The Morgan fingerprint density at radius 2 is 1.08 bits per heavy atom. The molecule has 0 saturated heterocycles. The van der Waals surface area contributed by atoms with E-state index in [1.165, 1.54) is 12.2 Å². The fourth-order valence-electron chi connectivity index (χ4n) is 3.13. The van der Waals surface area contributed by atoms with E-state index >= 15 is 0 Å². The quantitative estimate of drug-likeness (QED) is 0.267. The van der Waals surface area contributed by atoms with Crippen LogP contribution in [0.4, 0.5) is 0 Å². The molecule has 36 heavy (non-hydrogen) atoms. The minimum Gasteiger partial charge on any atom is -0.489 e. The van der Waals surface area contributed by atoms with Crippen LogP contribution in [-0.2, 0) is 29.3 Å². The Balaban J connectivity index is 1.59. The summed E-state index contributed by atoms with van der Waals surface area (Å²) in [5.74, 6) is 0.238. The van der Waals surface area contributed by atoms with Crippen LogP contribution in [0.1, 0.15) is 37.4 Å². The van der Waals surface area contributed by atoms with Crippen molar-refractivity contribution in [3.05, 3.63) is 120 Å². The summed E-state index contributed by atoms with van der Waals surface area (Å²) in [6, 6.07) is 19.0. The van der Waals surface area contributed by atoms with Gasteiger partial charge in [0, 0.05) is 6.07 Å². The van der Waals surface area contributed by atoms with Gasteiger partial charge in [-0.15, -0.1) is 0 Å². The zero-order valence-corrected chi connectivity index (χ0v) is 19.9. The SMILES string of the molecule is C=CCOC(=O)c1ccc(COc2cc(CO)cc(OCc3ccc(C(=O)OCC=C)cc3)c2)cc1. The molecular weight excluding hydrogens is 460 g/mol. The van der Waals surface area contributed by atoms with Crippen molar-refractivity contribution in [2.75, 3.05) is 13.2 Å². The normalized spacial score (nSPS) is 10.2. The molecule has 0 heterocycles. The summed E-state index contributed by atoms with van der Waals surface area (Å²) in [4.78, 5) is 23.8. The summed E-state index contributed by atoms with van der Waals surface area (Å²) in [6.45, 7) is 7.71. The molecule has 0 aliphatic carbocycles. The second kappa shape index (κ2) is 13.5. The molecule has 3 aromatic carbocycles. The molecule has 3 aromatic rings. The molecule has 0 atom stereocenters. The smallest absolute Gasteiger partial charge is 0.338 e. The van der Waals surface area contributed by atoms with Crippen molar-refractivity contribution in [3.8, 4) is 11.5 Å². The van der Waals surface area contributed by atoms with Crippen molar-refractivity contribution in [2.24, 2.45) is 0 Å². The van der Waals surface area contributed by atoms with E-state index in [2.05, 4.69) is 13.2 Å². The molecule has 0 spiro atoms. The predicted molar refractivity (Wildman–Crippen MR) is 135 cm³/mol. The maximum atomic E-state index is 11.9. The van der Waals surface area contributed by atoms with E-state index in [0.717, 1.165) is 11.1 Å². The van der Waals surface area contributed by atoms with Crippen LogP contribution in [0.3, 0.4) is 0 Å². The van der Waals surface area contributed by atoms with E-state index in [1.54, 1.807) is 66.7 Å². The van der Waals surface area contributed by atoms with Crippen LogP contribution in [0, 0.1) is 0 Å². The van der Waals surface area contributed by atoms with Gasteiger partial charge in [0.2, 0.25) is 0 Å². The number of ether oxygens (including phenoxy) is 4. The fraction of sp³-hybridized carbons (Fsp3) is 0.172. The highest BCUT2D eigenvalue weighted by atomic mass is 16.5. The van der Waals surface area contributed by atoms with Crippen LogP contribution in [0.15, 0.2) is 92.0 Å². The molecular formula is C29H28O7. The third-order valence-corrected chi connectivity index (χ3v) is 4.98. The van der Waals surface area contributed by atoms with Gasteiger partial charge < -0.3 is 24.1 Å². The number of carbonyl (C=O) groups is 2. The third kappa shape index (κ3) is 7.85. The summed E-state index contributed by atoms with van der Waals surface area (Å²) in [6.07, 6.45) is 3.03. The highest BCUT2D eigenvalue weighted by Crippen LogP contribution is 2.25. The topological polar surface area (TPSA) is 91.3 Å². The maximum absolute atomic E-state index is 11.9. The van der Waals surface area contributed by atoms with Crippen LogP contribution >= 0.6 is 0 Å². The molecule has 0 fully saturated rings. The molecule has 0 bridgehead atoms. The van der Waals surface area contributed by atoms with E-state index in [9.17, 15) is 14.7 Å². The van der Waals surface area contributed by atoms with E-state index in [0.29, 0.717) is 28.2 Å². The molecule has 0 saturated carbocycles. The van der Waals surface area contributed by atoms with Gasteiger partial charge in [0.15, 0.2) is 0 Å². The van der Waals surface area contributed by atoms with Crippen LogP contribution in [0.5, 0.6) is 11.5 Å². The summed E-state index contributed by atoms with van der Waals surface area (Å²) >= 11 is 0. The van der Waals surface area contributed by atoms with Crippen LogP contribution in [-0.4, -0.2) is 30.3 Å². The van der Waals surface area contributed by atoms with Gasteiger partial charge in [-0.25, -0.2) is 9.59 Å². The Morgan fingerprint density at radius 3 is 1.44 bits per heavy atom. The minimum atomic E-state index is -0.415. The van der Waals surface area contributed by atoms with E-state index in [-0.39, 0.29) is 33.0 Å². The average molecular weight is 489 g/mol. The van der Waals surface area contributed by atoms with Crippen molar-refractivity contribution in [1.82, 2.24) is 0 Å². The molecule has 1 N–H and O–H groups in total. The van der Waals surface area contributed by atoms with E-state index in [4.69, 9.17) is 18.9 Å². The zero-order valence-electron chi connectivity index (χ0n) is 19.9. The number of aliphatic hydroxyl groups is 1. The second-order valence-corrected chi connectivity index (χ2v) is 7.72. The third-order valence-electron chi connectivity index (χ3n) is 4.98. The van der Waals surface area contributed by atoms with E-state index < -0.39 is 11.9 Å². The monoisotopic (exact) mass is 488 g/mol. The minimum absolute atomic E-state index is 0.158. The van der Waals surface area contributed by atoms with Crippen molar-refractivity contribution < 1.29 is 33.6 Å². The number of carbonyl (C=O) groups excluding carboxylic acids is 2. The number of benzene rings is 3. The molecule has 7 heteroatoms. The van der Waals surface area contributed by atoms with Crippen molar-refractivity contribution in [3.63, 3.8) is 0 Å². The molecule has 0 aliphatic rings. The lowest BCUT2D eigenvalue weighted by molar-refractivity contribution is 0.0540. The van der Waals surface area contributed by atoms with E-state index in [1.807, 2.05) is 0 Å². The van der Waals surface area contributed by atoms with Gasteiger partial charge in [-0.1, -0.05) is 49.6 Å². The summed E-state index contributed by atoms with van der Waals surface area (Å²) < 4.78 is 21.8. The number of hydrogen-bond donors (Lipinski definition) is 1. The zero-order chi connectivity index (χ0) is 25.8. The number of esters is 2. The standard InChI is InChI=1S/C29H28O7/c1-3-13-33-28(31)24-9-5-21(6-10-24)19-35-26-15-23(18-30)16-27(17-26)36-20-22-7-11-25(12-8-22)29(32)34-14-4-2/h3-12,15-17,30H,1-2,13-14,18-20H2. The number of hydrogen-bond acceptors (Lipinski definition) is 7. The first kappa shape index (κ1) is 26.2. The van der Waals surface area contributed by atoms with Gasteiger partial charge in [0.25, 0.3) is 0 Å². The van der Waals surface area contributed by atoms with Gasteiger partial charge in [-0.05, 0) is 53.1 Å². The Hall–Kier alpha value is -4.36. The fourth-order valence-corrected chi connectivity index (χ4v) is 3.13. The largest absolute Gasteiger partial charge is 0.489 e. The van der Waals surface area contributed by atoms with Gasteiger partial charge in [0.05, 0.1) is 17.7 Å². The first-order chi connectivity index (χ1) is 17.5. The van der Waals surface area contributed by atoms with Crippen molar-refractivity contribution in [1.29, 1.82) is 0 Å².